The molecule has 1 saturated heterocycles. The van der Waals surface area contributed by atoms with E-state index < -0.39 is 6.04 Å². The minimum absolute atomic E-state index is 0.00740. The summed E-state index contributed by atoms with van der Waals surface area (Å²) in [5.74, 6) is 1.67. The van der Waals surface area contributed by atoms with Crippen molar-refractivity contribution in [2.45, 2.75) is 18.0 Å². The largest absolute Gasteiger partial charge is 0.493 e. The van der Waals surface area contributed by atoms with Crippen molar-refractivity contribution in [3.05, 3.63) is 89.0 Å². The maximum atomic E-state index is 13.6. The van der Waals surface area contributed by atoms with E-state index in [2.05, 4.69) is 5.32 Å². The molecule has 0 spiro atoms. The summed E-state index contributed by atoms with van der Waals surface area (Å²) in [6, 6.07) is 20.2. The number of ketones is 1. The summed E-state index contributed by atoms with van der Waals surface area (Å²) in [5, 5.41) is 3.42. The van der Waals surface area contributed by atoms with Crippen molar-refractivity contribution < 1.29 is 23.8 Å². The van der Waals surface area contributed by atoms with Gasteiger partial charge in [0, 0.05) is 30.1 Å². The third-order valence-corrected chi connectivity index (χ3v) is 6.94. The summed E-state index contributed by atoms with van der Waals surface area (Å²) in [5.41, 5.74) is 3.24. The Labute approximate surface area is 197 Å². The molecule has 0 bridgehead atoms. The first-order valence-corrected chi connectivity index (χ1v) is 11.4. The Kier molecular flexibility index (Phi) is 4.99. The predicted octanol–water partition coefficient (Wildman–Crippen LogP) is 3.23. The first-order chi connectivity index (χ1) is 16.7. The van der Waals surface area contributed by atoms with Crippen LogP contribution in [0.2, 0.25) is 0 Å². The number of amides is 1. The summed E-state index contributed by atoms with van der Waals surface area (Å²) < 4.78 is 16.8. The lowest BCUT2D eigenvalue weighted by atomic mass is 9.77. The quantitative estimate of drug-likeness (QED) is 0.608. The highest BCUT2D eigenvalue weighted by Crippen LogP contribution is 2.47. The van der Waals surface area contributed by atoms with Crippen LogP contribution in [0, 0.1) is 0 Å². The molecular formula is C27H24N2O5. The van der Waals surface area contributed by atoms with Crippen molar-refractivity contribution in [1.82, 2.24) is 10.2 Å². The van der Waals surface area contributed by atoms with Crippen molar-refractivity contribution in [2.75, 3.05) is 27.0 Å². The molecule has 0 aliphatic carbocycles. The summed E-state index contributed by atoms with van der Waals surface area (Å²) >= 11 is 0. The molecule has 3 aromatic rings. The van der Waals surface area contributed by atoms with E-state index in [1.165, 1.54) is 0 Å². The van der Waals surface area contributed by atoms with E-state index in [1.807, 2.05) is 71.6 Å². The highest BCUT2D eigenvalue weighted by atomic mass is 16.7. The maximum absolute atomic E-state index is 13.6. The fourth-order valence-corrected chi connectivity index (χ4v) is 5.34. The maximum Gasteiger partial charge on any atom is 0.254 e. The molecule has 34 heavy (non-hydrogen) atoms. The Morgan fingerprint density at radius 1 is 1.06 bits per heavy atom. The SMILES string of the molecule is COc1cc([C@H]2c3ccccc3C(=O)N3C[C@H](C(=O)c4ccccc4)NC[C@H]23)cc2c1OCO2. The van der Waals surface area contributed by atoms with Crippen LogP contribution < -0.4 is 19.5 Å². The monoisotopic (exact) mass is 456 g/mol. The van der Waals surface area contributed by atoms with E-state index in [1.54, 1.807) is 7.11 Å². The van der Waals surface area contributed by atoms with Gasteiger partial charge in [-0.25, -0.2) is 0 Å². The van der Waals surface area contributed by atoms with Gasteiger partial charge in [-0.05, 0) is 29.3 Å². The third-order valence-electron chi connectivity index (χ3n) is 6.94. The number of hydrogen-bond acceptors (Lipinski definition) is 6. The first-order valence-electron chi connectivity index (χ1n) is 11.4. The number of nitrogens with one attached hydrogen (secondary N) is 1. The van der Waals surface area contributed by atoms with Gasteiger partial charge in [-0.1, -0.05) is 48.5 Å². The lowest BCUT2D eigenvalue weighted by Crippen LogP contribution is -2.63. The number of hydrogen-bond donors (Lipinski definition) is 1. The van der Waals surface area contributed by atoms with E-state index in [0.717, 1.165) is 11.1 Å². The number of benzene rings is 3. The Bertz CT molecular complexity index is 1280. The fraction of sp³-hybridized carbons (Fsp3) is 0.259. The molecule has 0 radical (unpaired) electrons. The number of fused-ring (bicyclic) bond motifs is 3. The van der Waals surface area contributed by atoms with Gasteiger partial charge in [-0.3, -0.25) is 9.59 Å². The summed E-state index contributed by atoms with van der Waals surface area (Å²) in [6.07, 6.45) is 0. The van der Waals surface area contributed by atoms with Gasteiger partial charge in [-0.2, -0.15) is 0 Å². The smallest absolute Gasteiger partial charge is 0.254 e. The molecule has 3 atom stereocenters. The lowest BCUT2D eigenvalue weighted by molar-refractivity contribution is 0.0505. The van der Waals surface area contributed by atoms with Crippen LogP contribution in [0.3, 0.4) is 0 Å². The van der Waals surface area contributed by atoms with Gasteiger partial charge < -0.3 is 24.4 Å². The summed E-state index contributed by atoms with van der Waals surface area (Å²) in [7, 11) is 1.60. The minimum Gasteiger partial charge on any atom is -0.493 e. The van der Waals surface area contributed by atoms with Crippen molar-refractivity contribution in [3.8, 4) is 17.2 Å². The average Bonchev–Trinajstić information content (AvgIpc) is 3.37. The molecule has 7 nitrogen and oxygen atoms in total. The van der Waals surface area contributed by atoms with Crippen molar-refractivity contribution in [1.29, 1.82) is 0 Å². The molecule has 1 amide bonds. The number of methoxy groups -OCH3 is 1. The number of rotatable bonds is 4. The fourth-order valence-electron chi connectivity index (χ4n) is 5.34. The molecule has 6 rings (SSSR count). The van der Waals surface area contributed by atoms with Gasteiger partial charge in [0.25, 0.3) is 5.91 Å². The van der Waals surface area contributed by atoms with E-state index in [-0.39, 0.29) is 30.4 Å². The second-order valence-corrected chi connectivity index (χ2v) is 8.74. The molecule has 3 aliphatic rings. The van der Waals surface area contributed by atoms with Crippen molar-refractivity contribution in [2.24, 2.45) is 0 Å². The number of nitrogens with zero attached hydrogens (tertiary/aromatic N) is 1. The second kappa shape index (κ2) is 8.18. The van der Waals surface area contributed by atoms with Crippen LogP contribution in [0.1, 0.15) is 37.8 Å². The molecule has 0 unspecified atom stereocenters. The van der Waals surface area contributed by atoms with E-state index in [9.17, 15) is 9.59 Å². The van der Waals surface area contributed by atoms with E-state index in [0.29, 0.717) is 41.5 Å². The number of ether oxygens (including phenoxy) is 3. The van der Waals surface area contributed by atoms with Crippen LogP contribution >= 0.6 is 0 Å². The Balaban J connectivity index is 1.40. The zero-order valence-electron chi connectivity index (χ0n) is 18.7. The van der Waals surface area contributed by atoms with E-state index in [4.69, 9.17) is 14.2 Å². The van der Waals surface area contributed by atoms with Gasteiger partial charge in [0.1, 0.15) is 0 Å². The number of carbonyl (C=O) groups is 2. The molecule has 7 heteroatoms. The number of Topliss-reactive ketones (excluding diaryl/α,β-unsaturated/α-hetero) is 1. The molecule has 0 aromatic heterocycles. The Morgan fingerprint density at radius 3 is 2.68 bits per heavy atom. The van der Waals surface area contributed by atoms with Gasteiger partial charge in [0.15, 0.2) is 17.3 Å². The molecule has 3 aliphatic heterocycles. The van der Waals surface area contributed by atoms with Gasteiger partial charge >= 0.3 is 0 Å². The van der Waals surface area contributed by atoms with Gasteiger partial charge in [0.05, 0.1) is 19.2 Å². The summed E-state index contributed by atoms with van der Waals surface area (Å²) in [6.45, 7) is 0.948. The molecule has 172 valence electrons. The van der Waals surface area contributed by atoms with Gasteiger partial charge in [0.2, 0.25) is 12.5 Å². The molecule has 3 aromatic carbocycles. The topological polar surface area (TPSA) is 77.1 Å². The number of carbonyl (C=O) groups excluding carboxylic acids is 2. The molecule has 1 N–H and O–H groups in total. The molecule has 0 saturated carbocycles. The Morgan fingerprint density at radius 2 is 1.85 bits per heavy atom. The van der Waals surface area contributed by atoms with Crippen LogP contribution in [0.4, 0.5) is 0 Å². The van der Waals surface area contributed by atoms with Crippen molar-refractivity contribution >= 4 is 11.7 Å². The van der Waals surface area contributed by atoms with Gasteiger partial charge in [-0.15, -0.1) is 0 Å². The van der Waals surface area contributed by atoms with Crippen LogP contribution in [-0.4, -0.2) is 55.7 Å². The third kappa shape index (κ3) is 3.23. The zero-order valence-corrected chi connectivity index (χ0v) is 18.7. The van der Waals surface area contributed by atoms with Crippen LogP contribution in [-0.2, 0) is 0 Å². The second-order valence-electron chi connectivity index (χ2n) is 8.74. The molecule has 3 heterocycles. The first kappa shape index (κ1) is 20.7. The average molecular weight is 456 g/mol. The molecular weight excluding hydrogens is 432 g/mol. The van der Waals surface area contributed by atoms with Crippen LogP contribution in [0.15, 0.2) is 66.7 Å². The standard InChI is InChI=1S/C27H24N2O5/c1-32-22-11-17(12-23-26(22)34-15-33-23)24-18-9-5-6-10-19(18)27(31)29-14-20(28-13-21(24)29)25(30)16-7-3-2-4-8-16/h2-12,20-21,24,28H,13-15H2,1H3/t20-,21-,24+/m1/s1. The molecule has 1 fully saturated rings. The van der Waals surface area contributed by atoms with Crippen LogP contribution in [0.25, 0.3) is 0 Å². The lowest BCUT2D eigenvalue weighted by Gasteiger charge is -2.47. The predicted molar refractivity (Wildman–Crippen MR) is 125 cm³/mol. The Hall–Kier alpha value is -3.84. The summed E-state index contributed by atoms with van der Waals surface area (Å²) in [4.78, 5) is 28.6. The zero-order chi connectivity index (χ0) is 23.2. The highest BCUT2D eigenvalue weighted by molar-refractivity contribution is 6.02. The van der Waals surface area contributed by atoms with E-state index >= 15 is 0 Å². The van der Waals surface area contributed by atoms with Crippen molar-refractivity contribution in [3.63, 3.8) is 0 Å². The normalized spacial score (nSPS) is 22.7. The number of piperazine rings is 1. The van der Waals surface area contributed by atoms with Crippen LogP contribution in [0.5, 0.6) is 17.2 Å². The highest BCUT2D eigenvalue weighted by Gasteiger charge is 2.45. The minimum atomic E-state index is -0.459.